The van der Waals surface area contributed by atoms with E-state index in [2.05, 4.69) is 15.3 Å². The van der Waals surface area contributed by atoms with Crippen LogP contribution in [-0.2, 0) is 12.8 Å². The Morgan fingerprint density at radius 3 is 2.85 bits per heavy atom. The van der Waals surface area contributed by atoms with Gasteiger partial charge in [-0.1, -0.05) is 0 Å². The van der Waals surface area contributed by atoms with Crippen molar-refractivity contribution in [1.82, 2.24) is 9.97 Å². The molecule has 4 rings (SSSR count). The number of benzene rings is 1. The summed E-state index contributed by atoms with van der Waals surface area (Å²) in [5, 5.41) is 3.13. The fourth-order valence-electron chi connectivity index (χ4n) is 4.10. The molecule has 0 saturated heterocycles. The number of nitrogens with one attached hydrogen (secondary N) is 1. The second-order valence-corrected chi connectivity index (χ2v) is 7.33. The Labute approximate surface area is 156 Å². The van der Waals surface area contributed by atoms with Crippen molar-refractivity contribution in [2.24, 2.45) is 5.73 Å². The van der Waals surface area contributed by atoms with E-state index >= 15 is 0 Å². The van der Waals surface area contributed by atoms with Gasteiger partial charge in [0.25, 0.3) is 0 Å². The van der Waals surface area contributed by atoms with Crippen LogP contribution >= 0.6 is 0 Å². The molecule has 0 spiro atoms. The molecule has 2 aliphatic carbocycles. The van der Waals surface area contributed by atoms with Crippen molar-refractivity contribution in [1.29, 1.82) is 0 Å². The largest absolute Gasteiger partial charge is 0.354 e. The van der Waals surface area contributed by atoms with E-state index in [-0.39, 0.29) is 17.7 Å². The van der Waals surface area contributed by atoms with Crippen LogP contribution in [0.1, 0.15) is 58.8 Å². The number of carbonyl (C=O) groups is 1. The fraction of sp³-hybridized carbons (Fsp3) is 0.450. The Morgan fingerprint density at radius 1 is 1.19 bits per heavy atom. The highest BCUT2D eigenvalue weighted by Crippen LogP contribution is 2.36. The van der Waals surface area contributed by atoms with Crippen molar-refractivity contribution in [2.75, 3.05) is 11.9 Å². The van der Waals surface area contributed by atoms with E-state index in [1.54, 1.807) is 6.20 Å². The number of carbonyl (C=O) groups excluding carboxylic acids is 1. The van der Waals surface area contributed by atoms with Gasteiger partial charge in [-0.25, -0.2) is 18.7 Å². The molecule has 0 fully saturated rings. The number of rotatable bonds is 5. The number of halogens is 2. The SMILES string of the molecule is NC(CCNc1ncc2c(n1)C(=O)CCC2)C1CCc2cc(F)c(F)cc21. The summed E-state index contributed by atoms with van der Waals surface area (Å²) in [4.78, 5) is 20.6. The van der Waals surface area contributed by atoms with Crippen molar-refractivity contribution < 1.29 is 13.6 Å². The van der Waals surface area contributed by atoms with Gasteiger partial charge in [-0.05, 0) is 66.8 Å². The molecule has 0 amide bonds. The van der Waals surface area contributed by atoms with Gasteiger partial charge >= 0.3 is 0 Å². The smallest absolute Gasteiger partial charge is 0.223 e. The van der Waals surface area contributed by atoms with Crippen molar-refractivity contribution in [2.45, 2.75) is 50.5 Å². The quantitative estimate of drug-likeness (QED) is 0.843. The molecule has 0 bridgehead atoms. The van der Waals surface area contributed by atoms with Gasteiger partial charge in [0.2, 0.25) is 5.95 Å². The van der Waals surface area contributed by atoms with Gasteiger partial charge in [0.05, 0.1) is 0 Å². The van der Waals surface area contributed by atoms with Crippen molar-refractivity contribution in [3.8, 4) is 0 Å². The van der Waals surface area contributed by atoms with E-state index in [1.807, 2.05) is 0 Å². The number of nitrogens with zero attached hydrogens (tertiary/aromatic N) is 2. The first-order chi connectivity index (χ1) is 13.0. The standard InChI is InChI=1S/C20H22F2N4O/c21-15-8-11-4-5-13(14(11)9-16(15)22)17(23)6-7-24-20-25-10-12-2-1-3-18(27)19(12)26-20/h8-10,13,17H,1-7,23H2,(H,24,25,26). The second kappa shape index (κ2) is 7.31. The summed E-state index contributed by atoms with van der Waals surface area (Å²) in [6, 6.07) is 2.39. The lowest BCUT2D eigenvalue weighted by Crippen LogP contribution is -2.30. The topological polar surface area (TPSA) is 80.9 Å². The predicted molar refractivity (Wildman–Crippen MR) is 97.8 cm³/mol. The molecule has 5 nitrogen and oxygen atoms in total. The first-order valence-electron chi connectivity index (χ1n) is 9.39. The van der Waals surface area contributed by atoms with Gasteiger partial charge in [0, 0.05) is 25.2 Å². The summed E-state index contributed by atoms with van der Waals surface area (Å²) in [6.07, 6.45) is 6.09. The molecular formula is C20H22F2N4O. The van der Waals surface area contributed by atoms with Crippen molar-refractivity contribution in [3.63, 3.8) is 0 Å². The summed E-state index contributed by atoms with van der Waals surface area (Å²) < 4.78 is 27.0. The molecular weight excluding hydrogens is 350 g/mol. The van der Waals surface area contributed by atoms with E-state index in [1.165, 1.54) is 12.1 Å². The molecule has 3 N–H and O–H groups in total. The van der Waals surface area contributed by atoms with E-state index in [9.17, 15) is 13.6 Å². The van der Waals surface area contributed by atoms with Crippen molar-refractivity contribution >= 4 is 11.7 Å². The third-order valence-electron chi connectivity index (χ3n) is 5.56. The number of aryl methyl sites for hydroxylation is 2. The molecule has 0 saturated carbocycles. The minimum atomic E-state index is -0.821. The van der Waals surface area contributed by atoms with Gasteiger partial charge in [-0.15, -0.1) is 0 Å². The number of Topliss-reactive ketones (excluding diaryl/α,β-unsaturated/α-hetero) is 1. The molecule has 27 heavy (non-hydrogen) atoms. The molecule has 1 heterocycles. The highest BCUT2D eigenvalue weighted by Gasteiger charge is 2.29. The first-order valence-corrected chi connectivity index (χ1v) is 9.39. The second-order valence-electron chi connectivity index (χ2n) is 7.33. The van der Waals surface area contributed by atoms with Crippen LogP contribution in [0, 0.1) is 11.6 Å². The van der Waals surface area contributed by atoms with E-state index in [0.717, 1.165) is 36.0 Å². The van der Waals surface area contributed by atoms with Gasteiger partial charge < -0.3 is 11.1 Å². The van der Waals surface area contributed by atoms with Crippen LogP contribution in [0.2, 0.25) is 0 Å². The monoisotopic (exact) mass is 372 g/mol. The number of hydrogen-bond donors (Lipinski definition) is 2. The minimum absolute atomic E-state index is 0.0166. The lowest BCUT2D eigenvalue weighted by Gasteiger charge is -2.21. The van der Waals surface area contributed by atoms with Gasteiger partial charge in [0.1, 0.15) is 5.69 Å². The van der Waals surface area contributed by atoms with Crippen LogP contribution in [0.25, 0.3) is 0 Å². The number of hydrogen-bond acceptors (Lipinski definition) is 5. The maximum absolute atomic E-state index is 13.6. The highest BCUT2D eigenvalue weighted by molar-refractivity contribution is 5.96. The third kappa shape index (κ3) is 3.56. The minimum Gasteiger partial charge on any atom is -0.354 e. The number of nitrogens with two attached hydrogens (primary N) is 1. The molecule has 2 aromatic rings. The van der Waals surface area contributed by atoms with Crippen LogP contribution in [0.15, 0.2) is 18.3 Å². The Hall–Kier alpha value is -2.41. The molecule has 2 atom stereocenters. The molecule has 2 unspecified atom stereocenters. The Kier molecular flexibility index (Phi) is 4.86. The summed E-state index contributed by atoms with van der Waals surface area (Å²) in [7, 11) is 0. The normalized spacial score (nSPS) is 19.5. The summed E-state index contributed by atoms with van der Waals surface area (Å²) in [5.41, 5.74) is 9.42. The lowest BCUT2D eigenvalue weighted by atomic mass is 9.91. The maximum Gasteiger partial charge on any atom is 0.223 e. The third-order valence-corrected chi connectivity index (χ3v) is 5.56. The van der Waals surface area contributed by atoms with Crippen LogP contribution in [0.3, 0.4) is 0 Å². The van der Waals surface area contributed by atoms with E-state index < -0.39 is 11.6 Å². The average molecular weight is 372 g/mol. The summed E-state index contributed by atoms with van der Waals surface area (Å²) >= 11 is 0. The van der Waals surface area contributed by atoms with E-state index in [4.69, 9.17) is 5.73 Å². The fourth-order valence-corrected chi connectivity index (χ4v) is 4.10. The number of ketones is 1. The average Bonchev–Trinajstić information content (AvgIpc) is 3.05. The molecule has 1 aromatic heterocycles. The molecule has 1 aromatic carbocycles. The number of aromatic nitrogens is 2. The highest BCUT2D eigenvalue weighted by atomic mass is 19.2. The van der Waals surface area contributed by atoms with Crippen molar-refractivity contribution in [3.05, 3.63) is 52.3 Å². The predicted octanol–water partition coefficient (Wildman–Crippen LogP) is 3.13. The zero-order valence-corrected chi connectivity index (χ0v) is 15.0. The Balaban J connectivity index is 1.37. The Morgan fingerprint density at radius 2 is 2.00 bits per heavy atom. The number of fused-ring (bicyclic) bond motifs is 2. The zero-order valence-electron chi connectivity index (χ0n) is 15.0. The Bertz CT molecular complexity index is 887. The lowest BCUT2D eigenvalue weighted by molar-refractivity contribution is 0.0967. The maximum atomic E-state index is 13.6. The summed E-state index contributed by atoms with van der Waals surface area (Å²) in [5.74, 6) is -1.11. The van der Waals surface area contributed by atoms with Gasteiger partial charge in [-0.3, -0.25) is 4.79 Å². The molecule has 7 heteroatoms. The molecule has 0 aliphatic heterocycles. The van der Waals surface area contributed by atoms with Gasteiger partial charge in [0.15, 0.2) is 17.4 Å². The first kappa shape index (κ1) is 18.0. The van der Waals surface area contributed by atoms with Gasteiger partial charge in [-0.2, -0.15) is 0 Å². The van der Waals surface area contributed by atoms with Crippen LogP contribution in [0.5, 0.6) is 0 Å². The van der Waals surface area contributed by atoms with Crippen LogP contribution in [-0.4, -0.2) is 28.3 Å². The molecule has 142 valence electrons. The van der Waals surface area contributed by atoms with Crippen LogP contribution in [0.4, 0.5) is 14.7 Å². The van der Waals surface area contributed by atoms with Crippen LogP contribution < -0.4 is 11.1 Å². The molecule has 2 aliphatic rings. The summed E-state index contributed by atoms with van der Waals surface area (Å²) in [6.45, 7) is 0.545. The van der Waals surface area contributed by atoms with E-state index in [0.29, 0.717) is 37.4 Å². The number of anilines is 1. The molecule has 0 radical (unpaired) electrons. The zero-order chi connectivity index (χ0) is 19.0.